The number of hydrogen-bond donors (Lipinski definition) is 0. The average molecular weight is 433 g/mol. The Morgan fingerprint density at radius 3 is 2.56 bits per heavy atom. The molecule has 1 aliphatic heterocycles. The van der Waals surface area contributed by atoms with Gasteiger partial charge in [-0.2, -0.15) is 0 Å². The Hall–Kier alpha value is -3.38. The molecule has 0 N–H and O–H groups in total. The lowest BCUT2D eigenvalue weighted by atomic mass is 10.0. The highest BCUT2D eigenvalue weighted by Crippen LogP contribution is 2.32. The Kier molecular flexibility index (Phi) is 6.42. The second-order valence-corrected chi connectivity index (χ2v) is 7.85. The molecule has 4 nitrogen and oxygen atoms in total. The third kappa shape index (κ3) is 4.32. The van der Waals surface area contributed by atoms with Crippen LogP contribution >= 0.6 is 0 Å². The minimum Gasteiger partial charge on any atom is -0.353 e. The molecule has 1 fully saturated rings. The highest BCUT2D eigenvalue weighted by Gasteiger charge is 2.21. The van der Waals surface area contributed by atoms with E-state index in [4.69, 9.17) is 9.97 Å². The number of allylic oxidation sites excluding steroid dienone is 5. The van der Waals surface area contributed by atoms with Crippen molar-refractivity contribution in [1.29, 1.82) is 0 Å². The van der Waals surface area contributed by atoms with Crippen LogP contribution in [0, 0.1) is 11.6 Å². The molecule has 0 amide bonds. The number of halogens is 2. The maximum absolute atomic E-state index is 14.5. The zero-order valence-electron chi connectivity index (χ0n) is 18.4. The van der Waals surface area contributed by atoms with Gasteiger partial charge in [0.15, 0.2) is 17.5 Å². The molecule has 0 aliphatic carbocycles. The van der Waals surface area contributed by atoms with Gasteiger partial charge < -0.3 is 9.80 Å². The molecule has 0 spiro atoms. The van der Waals surface area contributed by atoms with E-state index in [9.17, 15) is 8.78 Å². The molecule has 2 heterocycles. The predicted molar refractivity (Wildman–Crippen MR) is 128 cm³/mol. The summed E-state index contributed by atoms with van der Waals surface area (Å²) in [5.41, 5.74) is 2.38. The molecule has 4 rings (SSSR count). The van der Waals surface area contributed by atoms with Crippen LogP contribution in [-0.4, -0.2) is 48.1 Å². The number of anilines is 1. The van der Waals surface area contributed by atoms with Gasteiger partial charge in [-0.1, -0.05) is 49.1 Å². The van der Waals surface area contributed by atoms with E-state index in [1.807, 2.05) is 37.3 Å². The number of piperazine rings is 1. The molecule has 1 saturated heterocycles. The summed E-state index contributed by atoms with van der Waals surface area (Å²) in [4.78, 5) is 14.2. The summed E-state index contributed by atoms with van der Waals surface area (Å²) in [5, 5.41) is 0.814. The third-order valence-electron chi connectivity index (χ3n) is 5.69. The fourth-order valence-electron chi connectivity index (χ4n) is 3.83. The number of likely N-dealkylation sites (N-methyl/N-ethyl adjacent to an activating group) is 1. The molecule has 164 valence electrons. The smallest absolute Gasteiger partial charge is 0.166 e. The second kappa shape index (κ2) is 9.40. The summed E-state index contributed by atoms with van der Waals surface area (Å²) >= 11 is 0. The summed E-state index contributed by atoms with van der Waals surface area (Å²) in [6, 6.07) is 9.69. The minimum atomic E-state index is -0.863. The fourth-order valence-corrected chi connectivity index (χ4v) is 3.83. The van der Waals surface area contributed by atoms with Crippen LogP contribution in [0.25, 0.3) is 27.6 Å². The maximum atomic E-state index is 14.5. The SMILES string of the molecule is C=C/C(=C\C=C/C)c1nc(N2CCN(C)CC2)c2cc(-c3cccc(F)c3F)ccc2n1. The molecule has 0 saturated carbocycles. The standard InChI is InChI=1S/C26H26F2N4/c1-4-6-8-18(5-2)25-29-23-12-11-19(20-9-7-10-22(27)24(20)28)17-21(23)26(30-25)32-15-13-31(3)14-16-32/h4-12,17H,2,13-16H2,1,3H3/b6-4-,18-8+. The highest BCUT2D eigenvalue weighted by atomic mass is 19.2. The Bertz CT molecular complexity index is 1210. The topological polar surface area (TPSA) is 32.3 Å². The lowest BCUT2D eigenvalue weighted by Crippen LogP contribution is -2.45. The fraction of sp³-hybridized carbons (Fsp3) is 0.231. The number of rotatable bonds is 5. The highest BCUT2D eigenvalue weighted by molar-refractivity contribution is 5.94. The first-order valence-electron chi connectivity index (χ1n) is 10.7. The molecular weight excluding hydrogens is 406 g/mol. The van der Waals surface area contributed by atoms with Gasteiger partial charge in [0.05, 0.1) is 5.52 Å². The zero-order valence-corrected chi connectivity index (χ0v) is 18.4. The van der Waals surface area contributed by atoms with Crippen molar-refractivity contribution < 1.29 is 8.78 Å². The van der Waals surface area contributed by atoms with Crippen LogP contribution in [0.2, 0.25) is 0 Å². The van der Waals surface area contributed by atoms with Gasteiger partial charge in [-0.25, -0.2) is 18.7 Å². The van der Waals surface area contributed by atoms with Crippen LogP contribution in [0.3, 0.4) is 0 Å². The monoisotopic (exact) mass is 432 g/mol. The van der Waals surface area contributed by atoms with Gasteiger partial charge in [0.1, 0.15) is 5.82 Å². The van der Waals surface area contributed by atoms with E-state index < -0.39 is 11.6 Å². The van der Waals surface area contributed by atoms with Crippen molar-refractivity contribution in [1.82, 2.24) is 14.9 Å². The van der Waals surface area contributed by atoms with Gasteiger partial charge >= 0.3 is 0 Å². The minimum absolute atomic E-state index is 0.222. The zero-order chi connectivity index (χ0) is 22.7. The summed E-state index contributed by atoms with van der Waals surface area (Å²) in [6.07, 6.45) is 7.53. The van der Waals surface area contributed by atoms with Crippen molar-refractivity contribution in [2.75, 3.05) is 38.1 Å². The maximum Gasteiger partial charge on any atom is 0.166 e. The Morgan fingerprint density at radius 2 is 1.84 bits per heavy atom. The number of aromatic nitrogens is 2. The van der Waals surface area contributed by atoms with Crippen LogP contribution in [0.15, 0.2) is 67.3 Å². The van der Waals surface area contributed by atoms with Crippen molar-refractivity contribution in [3.05, 3.63) is 84.7 Å². The Balaban J connectivity index is 1.91. The Morgan fingerprint density at radius 1 is 1.06 bits per heavy atom. The van der Waals surface area contributed by atoms with Gasteiger partial charge in [-0.3, -0.25) is 0 Å². The van der Waals surface area contributed by atoms with Crippen LogP contribution in [0.1, 0.15) is 12.7 Å². The average Bonchev–Trinajstić information content (AvgIpc) is 2.81. The number of fused-ring (bicyclic) bond motifs is 1. The van der Waals surface area contributed by atoms with Gasteiger partial charge in [-0.05, 0) is 37.7 Å². The van der Waals surface area contributed by atoms with Gasteiger partial charge in [-0.15, -0.1) is 0 Å². The van der Waals surface area contributed by atoms with Crippen molar-refractivity contribution in [2.45, 2.75) is 6.92 Å². The first kappa shape index (κ1) is 21.8. The molecule has 0 radical (unpaired) electrons. The Labute approximate surface area is 187 Å². The largest absolute Gasteiger partial charge is 0.353 e. The van der Waals surface area contributed by atoms with Crippen molar-refractivity contribution in [3.8, 4) is 11.1 Å². The van der Waals surface area contributed by atoms with Gasteiger partial charge in [0, 0.05) is 42.7 Å². The van der Waals surface area contributed by atoms with Crippen molar-refractivity contribution in [3.63, 3.8) is 0 Å². The molecule has 0 unspecified atom stereocenters. The van der Waals surface area contributed by atoms with E-state index in [0.29, 0.717) is 11.4 Å². The van der Waals surface area contributed by atoms with Crippen LogP contribution in [-0.2, 0) is 0 Å². The first-order chi connectivity index (χ1) is 15.5. The number of hydrogen-bond acceptors (Lipinski definition) is 4. The van der Waals surface area contributed by atoms with Gasteiger partial charge in [0.25, 0.3) is 0 Å². The molecular formula is C26H26F2N4. The van der Waals surface area contributed by atoms with Crippen molar-refractivity contribution in [2.24, 2.45) is 0 Å². The molecule has 3 aromatic rings. The van der Waals surface area contributed by atoms with Crippen molar-refractivity contribution >= 4 is 22.3 Å². The molecule has 1 aromatic heterocycles. The number of nitrogens with zero attached hydrogens (tertiary/aromatic N) is 4. The predicted octanol–water partition coefficient (Wildman–Crippen LogP) is 5.47. The first-order valence-corrected chi connectivity index (χ1v) is 10.7. The lowest BCUT2D eigenvalue weighted by molar-refractivity contribution is 0.312. The lowest BCUT2D eigenvalue weighted by Gasteiger charge is -2.34. The van der Waals surface area contributed by atoms with E-state index in [-0.39, 0.29) is 5.56 Å². The second-order valence-electron chi connectivity index (χ2n) is 7.85. The van der Waals surface area contributed by atoms with Crippen LogP contribution in [0.5, 0.6) is 0 Å². The molecule has 1 aliphatic rings. The summed E-state index contributed by atoms with van der Waals surface area (Å²) in [7, 11) is 2.10. The molecule has 0 bridgehead atoms. The quantitative estimate of drug-likeness (QED) is 0.501. The van der Waals surface area contributed by atoms with E-state index in [1.165, 1.54) is 6.07 Å². The summed E-state index contributed by atoms with van der Waals surface area (Å²) in [5.74, 6) is -0.332. The van der Waals surface area contributed by atoms with Gasteiger partial charge in [0.2, 0.25) is 0 Å². The normalized spacial score (nSPS) is 15.6. The van der Waals surface area contributed by atoms with E-state index in [0.717, 1.165) is 54.5 Å². The summed E-state index contributed by atoms with van der Waals surface area (Å²) in [6.45, 7) is 9.34. The van der Waals surface area contributed by atoms with E-state index >= 15 is 0 Å². The molecule has 6 heteroatoms. The molecule has 0 atom stereocenters. The summed E-state index contributed by atoms with van der Waals surface area (Å²) < 4.78 is 28.3. The number of benzene rings is 2. The molecule has 32 heavy (non-hydrogen) atoms. The van der Waals surface area contributed by atoms with E-state index in [2.05, 4.69) is 23.4 Å². The van der Waals surface area contributed by atoms with Crippen LogP contribution in [0.4, 0.5) is 14.6 Å². The van der Waals surface area contributed by atoms with Crippen LogP contribution < -0.4 is 4.90 Å². The van der Waals surface area contributed by atoms with E-state index in [1.54, 1.807) is 18.2 Å². The molecule has 2 aromatic carbocycles. The third-order valence-corrected chi connectivity index (χ3v) is 5.69.